The lowest BCUT2D eigenvalue weighted by Gasteiger charge is -2.07. The molecule has 2 heterocycles. The van der Waals surface area contributed by atoms with Gasteiger partial charge in [0.15, 0.2) is 0 Å². The number of thiophene rings is 1. The summed E-state index contributed by atoms with van der Waals surface area (Å²) >= 11 is 1.53. The second kappa shape index (κ2) is 8.37. The summed E-state index contributed by atoms with van der Waals surface area (Å²) in [5, 5.41) is 19.8. The number of carbonyl (C=O) groups is 1. The van der Waals surface area contributed by atoms with Crippen molar-refractivity contribution in [2.24, 2.45) is 0 Å². The molecule has 0 spiro atoms. The average Bonchev–Trinajstić information content (AvgIpc) is 3.18. The number of rotatable bonds is 7. The molecule has 0 saturated heterocycles. The van der Waals surface area contributed by atoms with Crippen molar-refractivity contribution in [3.63, 3.8) is 0 Å². The van der Waals surface area contributed by atoms with E-state index in [1.807, 2.05) is 17.5 Å². The summed E-state index contributed by atoms with van der Waals surface area (Å²) in [4.78, 5) is 35.4. The van der Waals surface area contributed by atoms with Crippen LogP contribution in [0, 0.1) is 10.1 Å². The Morgan fingerprint density at radius 1 is 1.19 bits per heavy atom. The van der Waals surface area contributed by atoms with Gasteiger partial charge in [0.1, 0.15) is 11.4 Å². The van der Waals surface area contributed by atoms with Crippen LogP contribution in [0.25, 0.3) is 10.6 Å². The van der Waals surface area contributed by atoms with E-state index in [1.54, 1.807) is 12.1 Å². The molecule has 1 aromatic carbocycles. The number of para-hydroxylation sites is 2. The first-order chi connectivity index (χ1) is 13.0. The van der Waals surface area contributed by atoms with Crippen LogP contribution in [0.15, 0.2) is 58.7 Å². The van der Waals surface area contributed by atoms with E-state index in [-0.39, 0.29) is 35.8 Å². The second-order valence-electron chi connectivity index (χ2n) is 5.68. The van der Waals surface area contributed by atoms with Gasteiger partial charge in [0.2, 0.25) is 5.91 Å². The third-order valence-corrected chi connectivity index (χ3v) is 4.68. The summed E-state index contributed by atoms with van der Waals surface area (Å²) in [5.41, 5.74) is 0.457. The second-order valence-corrected chi connectivity index (χ2v) is 6.63. The monoisotopic (exact) mass is 384 g/mol. The van der Waals surface area contributed by atoms with Gasteiger partial charge in [-0.1, -0.05) is 18.2 Å². The smallest absolute Gasteiger partial charge is 0.292 e. The number of carbonyl (C=O) groups excluding carboxylic acids is 1. The number of amides is 1. The molecule has 0 fully saturated rings. The molecule has 0 unspecified atom stereocenters. The van der Waals surface area contributed by atoms with E-state index in [4.69, 9.17) is 0 Å². The maximum absolute atomic E-state index is 12.1. The number of benzene rings is 1. The number of aryl methyl sites for hydroxylation is 1. The van der Waals surface area contributed by atoms with Crippen LogP contribution in [0.2, 0.25) is 0 Å². The quantitative estimate of drug-likeness (QED) is 0.497. The molecule has 0 bridgehead atoms. The molecule has 1 N–H and O–H groups in total. The number of nitro groups is 1. The van der Waals surface area contributed by atoms with Gasteiger partial charge in [-0.2, -0.15) is 5.10 Å². The van der Waals surface area contributed by atoms with Crippen molar-refractivity contribution in [1.82, 2.24) is 9.78 Å². The zero-order chi connectivity index (χ0) is 19.2. The number of hydrogen-bond donors (Lipinski definition) is 1. The van der Waals surface area contributed by atoms with Crippen LogP contribution in [-0.2, 0) is 11.3 Å². The molecule has 1 amide bonds. The maximum Gasteiger partial charge on any atom is 0.292 e. The van der Waals surface area contributed by atoms with Gasteiger partial charge in [-0.3, -0.25) is 19.7 Å². The van der Waals surface area contributed by atoms with E-state index in [0.717, 1.165) is 4.88 Å². The third kappa shape index (κ3) is 4.64. The Kier molecular flexibility index (Phi) is 5.72. The molecule has 138 valence electrons. The fourth-order valence-corrected chi connectivity index (χ4v) is 3.20. The van der Waals surface area contributed by atoms with Crippen molar-refractivity contribution >= 4 is 28.6 Å². The first-order valence-electron chi connectivity index (χ1n) is 8.20. The highest BCUT2D eigenvalue weighted by Crippen LogP contribution is 2.23. The minimum atomic E-state index is -0.546. The number of hydrogen-bond acceptors (Lipinski definition) is 6. The summed E-state index contributed by atoms with van der Waals surface area (Å²) in [6.07, 6.45) is 0.497. The average molecular weight is 384 g/mol. The SMILES string of the molecule is O=C(CCCn1nc(-c2cccs2)ccc1=O)Nc1ccccc1[N+](=O)[O-]. The summed E-state index contributed by atoms with van der Waals surface area (Å²) in [5.74, 6) is -0.355. The van der Waals surface area contributed by atoms with Gasteiger partial charge < -0.3 is 5.32 Å². The summed E-state index contributed by atoms with van der Waals surface area (Å²) in [6.45, 7) is 0.280. The molecule has 8 nitrogen and oxygen atoms in total. The van der Waals surface area contributed by atoms with Gasteiger partial charge in [-0.15, -0.1) is 11.3 Å². The van der Waals surface area contributed by atoms with Gasteiger partial charge in [-0.05, 0) is 30.0 Å². The lowest BCUT2D eigenvalue weighted by atomic mass is 10.2. The number of nitrogens with zero attached hydrogens (tertiary/aromatic N) is 3. The lowest BCUT2D eigenvalue weighted by Crippen LogP contribution is -2.23. The molecule has 0 aliphatic heterocycles. The Morgan fingerprint density at radius 2 is 2.00 bits per heavy atom. The van der Waals surface area contributed by atoms with Crippen molar-refractivity contribution in [2.75, 3.05) is 5.32 Å². The van der Waals surface area contributed by atoms with Crippen LogP contribution in [0.5, 0.6) is 0 Å². The lowest BCUT2D eigenvalue weighted by molar-refractivity contribution is -0.383. The minimum absolute atomic E-state index is 0.114. The van der Waals surface area contributed by atoms with Gasteiger partial charge in [0.25, 0.3) is 11.2 Å². The largest absolute Gasteiger partial charge is 0.320 e. The molecular formula is C18H16N4O4S. The number of nitro benzene ring substituents is 1. The van der Waals surface area contributed by atoms with Crippen molar-refractivity contribution in [1.29, 1.82) is 0 Å². The van der Waals surface area contributed by atoms with E-state index in [1.165, 1.54) is 40.3 Å². The molecule has 0 atom stereocenters. The first-order valence-corrected chi connectivity index (χ1v) is 9.08. The van der Waals surface area contributed by atoms with Gasteiger partial charge in [0.05, 0.1) is 9.80 Å². The highest BCUT2D eigenvalue weighted by molar-refractivity contribution is 7.13. The van der Waals surface area contributed by atoms with Crippen LogP contribution < -0.4 is 10.9 Å². The molecule has 27 heavy (non-hydrogen) atoms. The zero-order valence-electron chi connectivity index (χ0n) is 14.2. The fraction of sp³-hybridized carbons (Fsp3) is 0.167. The van der Waals surface area contributed by atoms with Crippen molar-refractivity contribution in [3.8, 4) is 10.6 Å². The molecule has 3 aromatic rings. The highest BCUT2D eigenvalue weighted by atomic mass is 32.1. The molecule has 0 aliphatic carbocycles. The molecule has 0 radical (unpaired) electrons. The summed E-state index contributed by atoms with van der Waals surface area (Å²) in [6, 6.07) is 12.9. The predicted molar refractivity (Wildman–Crippen MR) is 103 cm³/mol. The summed E-state index contributed by atoms with van der Waals surface area (Å²) < 4.78 is 1.33. The Bertz CT molecular complexity index is 1010. The normalized spacial score (nSPS) is 10.5. The van der Waals surface area contributed by atoms with Gasteiger partial charge in [-0.25, -0.2) is 4.68 Å². The maximum atomic E-state index is 12.1. The fourth-order valence-electron chi connectivity index (χ4n) is 2.51. The summed E-state index contributed by atoms with van der Waals surface area (Å²) in [7, 11) is 0. The first kappa shape index (κ1) is 18.5. The number of anilines is 1. The standard InChI is InChI=1S/C18H16N4O4S/c23-17(19-13-5-1-2-6-15(13)22(25)26)8-3-11-21-18(24)10-9-14(20-21)16-7-4-12-27-16/h1-2,4-7,9-10,12H,3,8,11H2,(H,19,23). The van der Waals surface area contributed by atoms with E-state index in [0.29, 0.717) is 12.1 Å². The van der Waals surface area contributed by atoms with Gasteiger partial charge >= 0.3 is 0 Å². The van der Waals surface area contributed by atoms with Crippen molar-refractivity contribution in [2.45, 2.75) is 19.4 Å². The van der Waals surface area contributed by atoms with E-state index in [2.05, 4.69) is 10.4 Å². The Hall–Kier alpha value is -3.33. The Labute approximate surface area is 158 Å². The zero-order valence-corrected chi connectivity index (χ0v) is 15.0. The highest BCUT2D eigenvalue weighted by Gasteiger charge is 2.14. The molecule has 9 heteroatoms. The van der Waals surface area contributed by atoms with Crippen LogP contribution >= 0.6 is 11.3 Å². The van der Waals surface area contributed by atoms with Crippen molar-refractivity contribution < 1.29 is 9.72 Å². The Balaban J connectivity index is 1.60. The molecular weight excluding hydrogens is 368 g/mol. The Morgan fingerprint density at radius 3 is 2.74 bits per heavy atom. The van der Waals surface area contributed by atoms with Crippen LogP contribution in [0.4, 0.5) is 11.4 Å². The van der Waals surface area contributed by atoms with Crippen molar-refractivity contribution in [3.05, 3.63) is 74.4 Å². The van der Waals surface area contributed by atoms with Crippen LogP contribution in [0.1, 0.15) is 12.8 Å². The van der Waals surface area contributed by atoms with E-state index >= 15 is 0 Å². The third-order valence-electron chi connectivity index (χ3n) is 3.79. The molecule has 3 rings (SSSR count). The molecule has 0 saturated carbocycles. The van der Waals surface area contributed by atoms with E-state index < -0.39 is 4.92 Å². The number of nitrogens with one attached hydrogen (secondary N) is 1. The predicted octanol–water partition coefficient (Wildman–Crippen LogP) is 3.30. The number of aromatic nitrogens is 2. The van der Waals surface area contributed by atoms with E-state index in [9.17, 15) is 19.7 Å². The minimum Gasteiger partial charge on any atom is -0.320 e. The molecule has 2 aromatic heterocycles. The van der Waals surface area contributed by atoms with Gasteiger partial charge in [0, 0.05) is 25.1 Å². The van der Waals surface area contributed by atoms with Crippen LogP contribution in [-0.4, -0.2) is 20.6 Å². The molecule has 0 aliphatic rings. The van der Waals surface area contributed by atoms with Crippen LogP contribution in [0.3, 0.4) is 0 Å². The topological polar surface area (TPSA) is 107 Å².